The molecule has 1 N–H and O–H groups in total. The van der Waals surface area contributed by atoms with Gasteiger partial charge >= 0.3 is 0 Å². The Bertz CT molecular complexity index is 1470. The molecule has 0 heterocycles. The quantitative estimate of drug-likeness (QED) is 0.215. The number of amides is 2. The first-order valence-corrected chi connectivity index (χ1v) is 16.4. The number of carbonyl (C=O) groups excluding carboxylic acids is 2. The van der Waals surface area contributed by atoms with E-state index in [4.69, 9.17) is 27.9 Å². The second-order valence-corrected chi connectivity index (χ2v) is 13.2. The summed E-state index contributed by atoms with van der Waals surface area (Å²) in [5.74, 6) is -0.449. The van der Waals surface area contributed by atoms with Crippen LogP contribution in [0.25, 0.3) is 0 Å². The lowest BCUT2D eigenvalue weighted by molar-refractivity contribution is -0.139. The molecule has 226 valence electrons. The highest BCUT2D eigenvalue weighted by atomic mass is 79.9. The van der Waals surface area contributed by atoms with E-state index < -0.39 is 28.5 Å². The summed E-state index contributed by atoms with van der Waals surface area (Å²) < 4.78 is 35.1. The maximum Gasteiger partial charge on any atom is 0.264 e. The lowest BCUT2D eigenvalue weighted by atomic mass is 10.1. The van der Waals surface area contributed by atoms with Gasteiger partial charge in [0.05, 0.1) is 17.2 Å². The summed E-state index contributed by atoms with van der Waals surface area (Å²) in [6, 6.07) is 16.4. The van der Waals surface area contributed by atoms with Gasteiger partial charge in [0.25, 0.3) is 10.0 Å². The van der Waals surface area contributed by atoms with E-state index in [-0.39, 0.29) is 29.1 Å². The number of rotatable bonds is 13. The summed E-state index contributed by atoms with van der Waals surface area (Å²) in [7, 11) is -4.21. The minimum absolute atomic E-state index is 0.00403. The predicted molar refractivity (Wildman–Crippen MR) is 171 cm³/mol. The van der Waals surface area contributed by atoms with Crippen molar-refractivity contribution in [2.45, 2.75) is 57.6 Å². The molecule has 0 aliphatic rings. The number of halogens is 3. The van der Waals surface area contributed by atoms with Crippen LogP contribution in [-0.4, -0.2) is 50.4 Å². The molecule has 42 heavy (non-hydrogen) atoms. The van der Waals surface area contributed by atoms with Gasteiger partial charge in [-0.2, -0.15) is 0 Å². The second kappa shape index (κ2) is 15.1. The van der Waals surface area contributed by atoms with Gasteiger partial charge in [-0.25, -0.2) is 8.42 Å². The molecule has 3 aromatic rings. The van der Waals surface area contributed by atoms with Gasteiger partial charge in [0.15, 0.2) is 0 Å². The number of sulfonamides is 1. The van der Waals surface area contributed by atoms with E-state index in [1.807, 2.05) is 20.8 Å². The van der Waals surface area contributed by atoms with Crippen LogP contribution in [0, 0.1) is 0 Å². The van der Waals surface area contributed by atoms with E-state index >= 15 is 0 Å². The molecule has 2 amide bonds. The molecular formula is C30H34BrCl2N3O5S. The van der Waals surface area contributed by atoms with Gasteiger partial charge in [0, 0.05) is 32.7 Å². The van der Waals surface area contributed by atoms with Crippen molar-refractivity contribution in [3.05, 3.63) is 86.8 Å². The molecule has 2 atom stereocenters. The molecule has 0 bridgehead atoms. The number of hydrogen-bond acceptors (Lipinski definition) is 5. The number of anilines is 1. The number of nitrogens with zero attached hydrogens (tertiary/aromatic N) is 2. The van der Waals surface area contributed by atoms with Crippen LogP contribution in [0.4, 0.5) is 5.69 Å². The topological polar surface area (TPSA) is 96.0 Å². The van der Waals surface area contributed by atoms with E-state index in [0.29, 0.717) is 38.9 Å². The Labute approximate surface area is 266 Å². The van der Waals surface area contributed by atoms with Gasteiger partial charge in [-0.1, -0.05) is 52.1 Å². The van der Waals surface area contributed by atoms with Crippen molar-refractivity contribution in [1.82, 2.24) is 10.2 Å². The summed E-state index contributed by atoms with van der Waals surface area (Å²) in [6.45, 7) is 6.97. The standard InChI is InChI=1S/C30H34BrCl2N3O5S/c1-5-20(3)34-30(38)21(4)35(18-26-27(32)8-7-9-28(26)33)29(37)19-36(23-12-14-24(15-13-23)41-6-2)42(39,40)25-16-10-22(31)11-17-25/h7-17,20-21H,5-6,18-19H2,1-4H3,(H,34,38). The third kappa shape index (κ3) is 8.40. The van der Waals surface area contributed by atoms with Crippen LogP contribution in [0.3, 0.4) is 0 Å². The van der Waals surface area contributed by atoms with Crippen molar-refractivity contribution >= 4 is 66.7 Å². The summed E-state index contributed by atoms with van der Waals surface area (Å²) in [6.07, 6.45) is 0.694. The molecular weight excluding hydrogens is 665 g/mol. The highest BCUT2D eigenvalue weighted by molar-refractivity contribution is 9.10. The largest absolute Gasteiger partial charge is 0.494 e. The average molecular weight is 699 g/mol. The number of hydrogen-bond donors (Lipinski definition) is 1. The molecule has 3 aromatic carbocycles. The zero-order valence-corrected chi connectivity index (χ0v) is 27.7. The summed E-state index contributed by atoms with van der Waals surface area (Å²) >= 11 is 16.2. The van der Waals surface area contributed by atoms with Gasteiger partial charge < -0.3 is 15.0 Å². The van der Waals surface area contributed by atoms with Crippen LogP contribution in [0.2, 0.25) is 10.0 Å². The van der Waals surface area contributed by atoms with Crippen LogP contribution in [0.1, 0.15) is 39.7 Å². The highest BCUT2D eigenvalue weighted by Crippen LogP contribution is 2.29. The van der Waals surface area contributed by atoms with E-state index in [1.54, 1.807) is 61.5 Å². The average Bonchev–Trinajstić information content (AvgIpc) is 2.96. The SMILES string of the molecule is CCOc1ccc(N(CC(=O)N(Cc2c(Cl)cccc2Cl)C(C)C(=O)NC(C)CC)S(=O)(=O)c2ccc(Br)cc2)cc1. The number of nitrogens with one attached hydrogen (secondary N) is 1. The third-order valence-corrected chi connectivity index (χ3v) is 9.70. The van der Waals surface area contributed by atoms with Gasteiger partial charge in [-0.3, -0.25) is 13.9 Å². The Morgan fingerprint density at radius 2 is 1.55 bits per heavy atom. The van der Waals surface area contributed by atoms with Gasteiger partial charge in [0.2, 0.25) is 11.8 Å². The van der Waals surface area contributed by atoms with Gasteiger partial charge in [0.1, 0.15) is 18.3 Å². The second-order valence-electron chi connectivity index (χ2n) is 9.61. The minimum atomic E-state index is -4.21. The Balaban J connectivity index is 2.07. The molecule has 8 nitrogen and oxygen atoms in total. The zero-order valence-electron chi connectivity index (χ0n) is 23.8. The maximum atomic E-state index is 14.1. The molecule has 0 radical (unpaired) electrons. The van der Waals surface area contributed by atoms with Gasteiger partial charge in [-0.15, -0.1) is 0 Å². The van der Waals surface area contributed by atoms with Crippen LogP contribution < -0.4 is 14.4 Å². The molecule has 0 aliphatic carbocycles. The van der Waals surface area contributed by atoms with E-state index in [1.165, 1.54) is 17.0 Å². The van der Waals surface area contributed by atoms with Crippen LogP contribution >= 0.6 is 39.1 Å². The molecule has 3 rings (SSSR count). The van der Waals surface area contributed by atoms with Gasteiger partial charge in [-0.05, 0) is 87.9 Å². The molecule has 0 aromatic heterocycles. The Morgan fingerprint density at radius 1 is 0.952 bits per heavy atom. The fraction of sp³-hybridized carbons (Fsp3) is 0.333. The van der Waals surface area contributed by atoms with Crippen molar-refractivity contribution in [3.8, 4) is 5.75 Å². The molecule has 0 saturated carbocycles. The fourth-order valence-electron chi connectivity index (χ4n) is 4.04. The molecule has 0 spiro atoms. The summed E-state index contributed by atoms with van der Waals surface area (Å²) in [5.41, 5.74) is 0.697. The first-order chi connectivity index (χ1) is 19.9. The molecule has 0 fully saturated rings. The first-order valence-electron chi connectivity index (χ1n) is 13.4. The zero-order chi connectivity index (χ0) is 31.0. The van der Waals surface area contributed by atoms with Crippen LogP contribution in [0.15, 0.2) is 76.1 Å². The lowest BCUT2D eigenvalue weighted by Crippen LogP contribution is -2.52. The van der Waals surface area contributed by atoms with E-state index in [0.717, 1.165) is 4.31 Å². The number of benzene rings is 3. The third-order valence-electron chi connectivity index (χ3n) is 6.67. The fourth-order valence-corrected chi connectivity index (χ4v) is 6.24. The monoisotopic (exact) mass is 697 g/mol. The molecule has 0 aliphatic heterocycles. The van der Waals surface area contributed by atoms with Crippen LogP contribution in [0.5, 0.6) is 5.75 Å². The van der Waals surface area contributed by atoms with Crippen molar-refractivity contribution in [1.29, 1.82) is 0 Å². The maximum absolute atomic E-state index is 14.1. The van der Waals surface area contributed by atoms with Crippen LogP contribution in [-0.2, 0) is 26.2 Å². The summed E-state index contributed by atoms with van der Waals surface area (Å²) in [5, 5.41) is 3.54. The Hall–Kier alpha value is -2.79. The molecule has 2 unspecified atom stereocenters. The normalized spacial score (nSPS) is 12.7. The molecule has 12 heteroatoms. The summed E-state index contributed by atoms with van der Waals surface area (Å²) in [4.78, 5) is 28.6. The highest BCUT2D eigenvalue weighted by Gasteiger charge is 2.33. The van der Waals surface area contributed by atoms with E-state index in [2.05, 4.69) is 21.2 Å². The smallest absolute Gasteiger partial charge is 0.264 e. The van der Waals surface area contributed by atoms with Crippen molar-refractivity contribution in [3.63, 3.8) is 0 Å². The minimum Gasteiger partial charge on any atom is -0.494 e. The Morgan fingerprint density at radius 3 is 2.10 bits per heavy atom. The lowest BCUT2D eigenvalue weighted by Gasteiger charge is -2.33. The predicted octanol–water partition coefficient (Wildman–Crippen LogP) is 6.68. The Kier molecular flexibility index (Phi) is 12.1. The number of carbonyl (C=O) groups is 2. The van der Waals surface area contributed by atoms with Crippen molar-refractivity contribution < 1.29 is 22.7 Å². The number of ether oxygens (including phenoxy) is 1. The van der Waals surface area contributed by atoms with E-state index in [9.17, 15) is 18.0 Å². The first kappa shape index (κ1) is 33.7. The van der Waals surface area contributed by atoms with Crippen molar-refractivity contribution in [2.24, 2.45) is 0 Å². The molecule has 0 saturated heterocycles. The van der Waals surface area contributed by atoms with Crippen molar-refractivity contribution in [2.75, 3.05) is 17.5 Å².